The first-order chi connectivity index (χ1) is 14.2. The van der Waals surface area contributed by atoms with Crippen LogP contribution in [0.25, 0.3) is 0 Å². The van der Waals surface area contributed by atoms with Gasteiger partial charge in [0, 0.05) is 34.2 Å². The number of amides is 1. The fourth-order valence-corrected chi connectivity index (χ4v) is 5.14. The van der Waals surface area contributed by atoms with E-state index < -0.39 is 0 Å². The van der Waals surface area contributed by atoms with Gasteiger partial charge in [0.15, 0.2) is 11.5 Å². The molecule has 0 aliphatic carbocycles. The van der Waals surface area contributed by atoms with Gasteiger partial charge in [0.05, 0.1) is 14.2 Å². The maximum absolute atomic E-state index is 12.8. The van der Waals surface area contributed by atoms with Crippen molar-refractivity contribution in [3.63, 3.8) is 0 Å². The summed E-state index contributed by atoms with van der Waals surface area (Å²) in [6.45, 7) is 0. The Bertz CT molecular complexity index is 992. The molecule has 0 aromatic heterocycles. The van der Waals surface area contributed by atoms with Gasteiger partial charge in [0.2, 0.25) is 5.91 Å². The molecule has 5 heteroatoms. The van der Waals surface area contributed by atoms with Gasteiger partial charge < -0.3 is 14.8 Å². The molecule has 0 fully saturated rings. The van der Waals surface area contributed by atoms with Crippen molar-refractivity contribution in [2.24, 2.45) is 0 Å². The van der Waals surface area contributed by atoms with Gasteiger partial charge in [-0.3, -0.25) is 4.79 Å². The molecule has 4 rings (SSSR count). The first-order valence-electron chi connectivity index (χ1n) is 9.52. The van der Waals surface area contributed by atoms with E-state index in [1.807, 2.05) is 48.5 Å². The van der Waals surface area contributed by atoms with Gasteiger partial charge in [-0.2, -0.15) is 0 Å². The van der Waals surface area contributed by atoms with Crippen LogP contribution in [0, 0.1) is 0 Å². The molecule has 1 aliphatic rings. The highest BCUT2D eigenvalue weighted by Gasteiger charge is 2.34. The predicted octanol–water partition coefficient (Wildman–Crippen LogP) is 5.34. The Kier molecular flexibility index (Phi) is 5.76. The van der Waals surface area contributed by atoms with Crippen LogP contribution in [0.3, 0.4) is 0 Å². The second kappa shape index (κ2) is 8.62. The summed E-state index contributed by atoms with van der Waals surface area (Å²) in [6, 6.07) is 24.4. The summed E-state index contributed by atoms with van der Waals surface area (Å²) in [5, 5.41) is 3.12. The van der Waals surface area contributed by atoms with Crippen molar-refractivity contribution in [3.8, 4) is 11.5 Å². The number of hydrogen-bond acceptors (Lipinski definition) is 4. The lowest BCUT2D eigenvalue weighted by Crippen LogP contribution is -2.19. The average molecular weight is 406 g/mol. The number of fused-ring (bicyclic) bond motifs is 1. The van der Waals surface area contributed by atoms with E-state index in [9.17, 15) is 4.79 Å². The number of thioether (sulfide) groups is 1. The van der Waals surface area contributed by atoms with Crippen LogP contribution in [0.4, 0.5) is 5.69 Å². The van der Waals surface area contributed by atoms with E-state index in [2.05, 4.69) is 29.6 Å². The molecule has 3 aromatic rings. The number of ether oxygens (including phenoxy) is 2. The lowest BCUT2D eigenvalue weighted by molar-refractivity contribution is -0.116. The molecular formula is C24H23NO3S. The van der Waals surface area contributed by atoms with E-state index in [0.717, 1.165) is 16.1 Å². The fourth-order valence-electron chi connectivity index (χ4n) is 3.80. The molecule has 0 spiro atoms. The molecule has 0 saturated carbocycles. The van der Waals surface area contributed by atoms with Gasteiger partial charge in [0.1, 0.15) is 0 Å². The number of rotatable bonds is 5. The summed E-state index contributed by atoms with van der Waals surface area (Å²) in [6.07, 6.45) is 0.415. The van der Waals surface area contributed by atoms with Crippen LogP contribution in [0.1, 0.15) is 23.5 Å². The first-order valence-corrected chi connectivity index (χ1v) is 10.4. The molecule has 1 amide bonds. The maximum atomic E-state index is 12.8. The molecular weight excluding hydrogens is 382 g/mol. The van der Waals surface area contributed by atoms with Gasteiger partial charge in [0.25, 0.3) is 0 Å². The molecule has 1 aliphatic heterocycles. The molecule has 2 unspecified atom stereocenters. The topological polar surface area (TPSA) is 47.6 Å². The van der Waals surface area contributed by atoms with Crippen molar-refractivity contribution in [2.45, 2.75) is 22.5 Å². The zero-order valence-electron chi connectivity index (χ0n) is 16.4. The number of nitrogens with one attached hydrogen (secondary N) is 1. The monoisotopic (exact) mass is 405 g/mol. The summed E-state index contributed by atoms with van der Waals surface area (Å²) in [7, 11) is 3.23. The van der Waals surface area contributed by atoms with Crippen LogP contribution in [0.5, 0.6) is 11.5 Å². The third-order valence-corrected chi connectivity index (χ3v) is 6.40. The van der Waals surface area contributed by atoms with Gasteiger partial charge in [-0.15, -0.1) is 11.8 Å². The third-order valence-electron chi connectivity index (χ3n) is 5.11. The highest BCUT2D eigenvalue weighted by atomic mass is 32.2. The van der Waals surface area contributed by atoms with Crippen molar-refractivity contribution >= 4 is 23.4 Å². The van der Waals surface area contributed by atoms with E-state index in [1.54, 1.807) is 26.0 Å². The minimum atomic E-state index is 0.00494. The van der Waals surface area contributed by atoms with Crippen LogP contribution >= 0.6 is 11.8 Å². The zero-order valence-corrected chi connectivity index (χ0v) is 17.2. The van der Waals surface area contributed by atoms with Gasteiger partial charge in [-0.25, -0.2) is 0 Å². The summed E-state index contributed by atoms with van der Waals surface area (Å²) in [4.78, 5) is 13.9. The Balaban J connectivity index is 1.87. The molecule has 2 atom stereocenters. The van der Waals surface area contributed by atoms with Crippen LogP contribution in [0.2, 0.25) is 0 Å². The molecule has 0 saturated heterocycles. The van der Waals surface area contributed by atoms with E-state index >= 15 is 0 Å². The number of carbonyl (C=O) groups excluding carboxylic acids is 1. The van der Waals surface area contributed by atoms with Crippen LogP contribution in [-0.2, 0) is 4.79 Å². The Morgan fingerprint density at radius 1 is 0.897 bits per heavy atom. The Hall–Kier alpha value is -2.92. The highest BCUT2D eigenvalue weighted by Crippen LogP contribution is 2.47. The van der Waals surface area contributed by atoms with E-state index in [0.29, 0.717) is 17.9 Å². The van der Waals surface area contributed by atoms with Gasteiger partial charge in [-0.1, -0.05) is 48.5 Å². The molecule has 1 heterocycles. The molecule has 0 bridgehead atoms. The van der Waals surface area contributed by atoms with E-state index in [1.165, 1.54) is 5.56 Å². The number of methoxy groups -OCH3 is 2. The van der Waals surface area contributed by atoms with E-state index in [4.69, 9.17) is 9.47 Å². The zero-order chi connectivity index (χ0) is 20.2. The summed E-state index contributed by atoms with van der Waals surface area (Å²) in [5.41, 5.74) is 2.98. The van der Waals surface area contributed by atoms with Crippen molar-refractivity contribution in [1.29, 1.82) is 0 Å². The quantitative estimate of drug-likeness (QED) is 0.623. The third kappa shape index (κ3) is 4.10. The van der Waals surface area contributed by atoms with Crippen LogP contribution in [0.15, 0.2) is 77.7 Å². The summed E-state index contributed by atoms with van der Waals surface area (Å²) < 4.78 is 11.0. The molecule has 29 heavy (non-hydrogen) atoms. The number of carbonyl (C=O) groups is 1. The Morgan fingerprint density at radius 3 is 2.17 bits per heavy atom. The predicted molar refractivity (Wildman–Crippen MR) is 117 cm³/mol. The maximum Gasteiger partial charge on any atom is 0.225 e. The number of hydrogen-bond donors (Lipinski definition) is 1. The van der Waals surface area contributed by atoms with E-state index in [-0.39, 0.29) is 17.1 Å². The Labute approximate surface area is 175 Å². The smallest absolute Gasteiger partial charge is 0.225 e. The van der Waals surface area contributed by atoms with Gasteiger partial charge in [-0.05, 0) is 29.3 Å². The minimum absolute atomic E-state index is 0.00494. The van der Waals surface area contributed by atoms with Crippen LogP contribution in [-0.4, -0.2) is 25.4 Å². The fraction of sp³-hybridized carbons (Fsp3) is 0.208. The second-order valence-corrected chi connectivity index (χ2v) is 8.22. The SMILES string of the molecule is COc1cc2c(cc1OC)C(c1ccccc1)C(Sc1ccccc1)CC(=O)N2. The molecule has 3 aromatic carbocycles. The minimum Gasteiger partial charge on any atom is -0.493 e. The lowest BCUT2D eigenvalue weighted by atomic mass is 9.86. The highest BCUT2D eigenvalue weighted by molar-refractivity contribution is 8.00. The standard InChI is InChI=1S/C24H23NO3S/c1-27-20-13-18-19(14-21(20)28-2)25-23(26)15-22(29-17-11-7-4-8-12-17)24(18)16-9-5-3-6-10-16/h3-14,22,24H,15H2,1-2H3,(H,25,26). The van der Waals surface area contributed by atoms with Crippen LogP contribution < -0.4 is 14.8 Å². The van der Waals surface area contributed by atoms with Crippen molar-refractivity contribution in [3.05, 3.63) is 83.9 Å². The molecule has 0 radical (unpaired) electrons. The molecule has 148 valence electrons. The second-order valence-electron chi connectivity index (χ2n) is 6.90. The molecule has 4 nitrogen and oxygen atoms in total. The van der Waals surface area contributed by atoms with Crippen molar-refractivity contribution < 1.29 is 14.3 Å². The van der Waals surface area contributed by atoms with Crippen molar-refractivity contribution in [1.82, 2.24) is 0 Å². The van der Waals surface area contributed by atoms with Crippen molar-refractivity contribution in [2.75, 3.05) is 19.5 Å². The number of anilines is 1. The lowest BCUT2D eigenvalue weighted by Gasteiger charge is -2.26. The average Bonchev–Trinajstić information content (AvgIpc) is 2.88. The largest absolute Gasteiger partial charge is 0.493 e. The molecule has 1 N–H and O–H groups in total. The normalized spacial score (nSPS) is 18.3. The number of benzene rings is 3. The summed E-state index contributed by atoms with van der Waals surface area (Å²) in [5.74, 6) is 1.29. The summed E-state index contributed by atoms with van der Waals surface area (Å²) >= 11 is 1.74. The van der Waals surface area contributed by atoms with Gasteiger partial charge >= 0.3 is 0 Å². The Morgan fingerprint density at radius 2 is 1.52 bits per heavy atom. The first kappa shape index (κ1) is 19.4.